The van der Waals surface area contributed by atoms with Gasteiger partial charge in [-0.1, -0.05) is 42.0 Å². The van der Waals surface area contributed by atoms with Crippen LogP contribution in [0.15, 0.2) is 77.7 Å². The van der Waals surface area contributed by atoms with Gasteiger partial charge in [0.25, 0.3) is 5.91 Å². The summed E-state index contributed by atoms with van der Waals surface area (Å²) in [6, 6.07) is 20.8. The van der Waals surface area contributed by atoms with Gasteiger partial charge >= 0.3 is 0 Å². The second-order valence-corrected chi connectivity index (χ2v) is 7.98. The molecule has 160 valence electrons. The molecule has 1 amide bonds. The number of carbonyl (C=O) groups is 1. The van der Waals surface area contributed by atoms with Crippen LogP contribution < -0.4 is 10.7 Å². The number of aryl methyl sites for hydroxylation is 4. The van der Waals surface area contributed by atoms with Crippen LogP contribution in [0.5, 0.6) is 0 Å². The Balaban J connectivity index is 1.98. The lowest BCUT2D eigenvalue weighted by Crippen LogP contribution is -2.27. The van der Waals surface area contributed by atoms with Crippen molar-refractivity contribution in [2.75, 3.05) is 5.32 Å². The molecule has 0 aliphatic rings. The molecule has 2 aromatic carbocycles. The summed E-state index contributed by atoms with van der Waals surface area (Å²) in [6.45, 7) is 7.75. The van der Waals surface area contributed by atoms with Crippen molar-refractivity contribution in [3.05, 3.63) is 111 Å². The van der Waals surface area contributed by atoms with E-state index in [9.17, 15) is 9.59 Å². The van der Waals surface area contributed by atoms with E-state index in [1.54, 1.807) is 6.20 Å². The number of benzene rings is 2. The number of rotatable bonds is 4. The van der Waals surface area contributed by atoms with Gasteiger partial charge in [-0.3, -0.25) is 14.6 Å². The standard InChI is InChI=1S/C27H25N3O2/c1-17-11-13-21(14-12-17)30-20(4)16-23(31)24(26(30)22-10-5-6-15-28-22)27(32)29-25-18(2)8-7-9-19(25)3/h5-16H,1-4H3,(H,29,32). The van der Waals surface area contributed by atoms with E-state index in [1.807, 2.05) is 92.9 Å². The summed E-state index contributed by atoms with van der Waals surface area (Å²) in [7, 11) is 0. The molecular formula is C27H25N3O2. The smallest absolute Gasteiger partial charge is 0.261 e. The Morgan fingerprint density at radius 1 is 0.875 bits per heavy atom. The van der Waals surface area contributed by atoms with Crippen LogP contribution in [-0.2, 0) is 0 Å². The average molecular weight is 424 g/mol. The number of nitrogens with zero attached hydrogens (tertiary/aromatic N) is 2. The van der Waals surface area contributed by atoms with Crippen molar-refractivity contribution in [2.24, 2.45) is 0 Å². The van der Waals surface area contributed by atoms with Gasteiger partial charge in [-0.25, -0.2) is 0 Å². The van der Waals surface area contributed by atoms with Crippen molar-refractivity contribution >= 4 is 11.6 Å². The van der Waals surface area contributed by atoms with Gasteiger partial charge in [-0.2, -0.15) is 0 Å². The Labute approximate surface area is 187 Å². The van der Waals surface area contributed by atoms with Gasteiger partial charge in [-0.15, -0.1) is 0 Å². The van der Waals surface area contributed by atoms with E-state index in [1.165, 1.54) is 6.07 Å². The fraction of sp³-hybridized carbons (Fsp3) is 0.148. The Morgan fingerprint density at radius 2 is 1.56 bits per heavy atom. The maximum atomic E-state index is 13.5. The van der Waals surface area contributed by atoms with Gasteiger partial charge < -0.3 is 9.88 Å². The first-order valence-corrected chi connectivity index (χ1v) is 10.5. The number of para-hydroxylation sites is 1. The van der Waals surface area contributed by atoms with E-state index in [2.05, 4.69) is 10.3 Å². The van der Waals surface area contributed by atoms with Crippen LogP contribution in [0.4, 0.5) is 5.69 Å². The van der Waals surface area contributed by atoms with Crippen LogP contribution in [0.3, 0.4) is 0 Å². The minimum atomic E-state index is -0.450. The summed E-state index contributed by atoms with van der Waals surface area (Å²) in [6.07, 6.45) is 1.66. The molecule has 5 nitrogen and oxygen atoms in total. The van der Waals surface area contributed by atoms with E-state index in [-0.39, 0.29) is 11.0 Å². The van der Waals surface area contributed by atoms with Crippen LogP contribution >= 0.6 is 0 Å². The molecule has 1 N–H and O–H groups in total. The van der Waals surface area contributed by atoms with Crippen molar-refractivity contribution < 1.29 is 4.79 Å². The average Bonchev–Trinajstić information content (AvgIpc) is 2.77. The van der Waals surface area contributed by atoms with Gasteiger partial charge in [0.1, 0.15) is 5.56 Å². The first-order valence-electron chi connectivity index (χ1n) is 10.5. The second-order valence-electron chi connectivity index (χ2n) is 7.98. The van der Waals surface area contributed by atoms with E-state index in [4.69, 9.17) is 0 Å². The highest BCUT2D eigenvalue weighted by Gasteiger charge is 2.24. The Hall–Kier alpha value is -3.99. The minimum absolute atomic E-state index is 0.0672. The molecule has 0 atom stereocenters. The largest absolute Gasteiger partial charge is 0.321 e. The van der Waals surface area contributed by atoms with E-state index in [0.29, 0.717) is 17.1 Å². The van der Waals surface area contributed by atoms with Crippen LogP contribution in [-0.4, -0.2) is 15.5 Å². The topological polar surface area (TPSA) is 64.0 Å². The lowest BCUT2D eigenvalue weighted by atomic mass is 10.0. The van der Waals surface area contributed by atoms with Crippen molar-refractivity contribution in [1.82, 2.24) is 9.55 Å². The number of carbonyl (C=O) groups excluding carboxylic acids is 1. The lowest BCUT2D eigenvalue weighted by Gasteiger charge is -2.20. The molecule has 32 heavy (non-hydrogen) atoms. The van der Waals surface area contributed by atoms with Crippen molar-refractivity contribution in [2.45, 2.75) is 27.7 Å². The van der Waals surface area contributed by atoms with Crippen LogP contribution in [0.2, 0.25) is 0 Å². The summed E-state index contributed by atoms with van der Waals surface area (Å²) in [4.78, 5) is 31.2. The van der Waals surface area contributed by atoms with Gasteiger partial charge in [0, 0.05) is 29.3 Å². The SMILES string of the molecule is Cc1ccc(-n2c(C)cc(=O)c(C(=O)Nc3c(C)cccc3C)c2-c2ccccn2)cc1. The first kappa shape index (κ1) is 21.2. The monoisotopic (exact) mass is 423 g/mol. The summed E-state index contributed by atoms with van der Waals surface area (Å²) in [5.41, 5.74) is 6.05. The highest BCUT2D eigenvalue weighted by molar-refractivity contribution is 6.08. The fourth-order valence-corrected chi connectivity index (χ4v) is 3.91. The number of anilines is 1. The molecule has 0 aliphatic carbocycles. The molecule has 2 heterocycles. The van der Waals surface area contributed by atoms with Gasteiger partial charge in [0.15, 0.2) is 5.43 Å². The number of nitrogens with one attached hydrogen (secondary N) is 1. The maximum absolute atomic E-state index is 13.5. The molecule has 0 saturated carbocycles. The zero-order valence-corrected chi connectivity index (χ0v) is 18.6. The molecule has 4 rings (SSSR count). The van der Waals surface area contributed by atoms with E-state index >= 15 is 0 Å². The molecule has 0 fully saturated rings. The number of pyridine rings is 2. The highest BCUT2D eigenvalue weighted by atomic mass is 16.2. The first-order chi connectivity index (χ1) is 15.4. The molecule has 0 bridgehead atoms. The zero-order chi connectivity index (χ0) is 22.8. The molecule has 0 unspecified atom stereocenters. The molecule has 2 aromatic heterocycles. The number of hydrogen-bond donors (Lipinski definition) is 1. The van der Waals surface area contributed by atoms with Crippen LogP contribution in [0.1, 0.15) is 32.7 Å². The van der Waals surface area contributed by atoms with E-state index < -0.39 is 5.91 Å². The summed E-state index contributed by atoms with van der Waals surface area (Å²) < 4.78 is 1.92. The molecule has 0 spiro atoms. The predicted octanol–water partition coefficient (Wildman–Crippen LogP) is 5.39. The molecule has 4 aromatic rings. The third kappa shape index (κ3) is 3.97. The fourth-order valence-electron chi connectivity index (χ4n) is 3.91. The normalized spacial score (nSPS) is 10.8. The van der Waals surface area contributed by atoms with E-state index in [0.717, 1.165) is 28.1 Å². The highest BCUT2D eigenvalue weighted by Crippen LogP contribution is 2.27. The van der Waals surface area contributed by atoms with Crippen molar-refractivity contribution in [1.29, 1.82) is 0 Å². The maximum Gasteiger partial charge on any atom is 0.261 e. The molecule has 0 radical (unpaired) electrons. The Bertz CT molecular complexity index is 1330. The minimum Gasteiger partial charge on any atom is -0.321 e. The lowest BCUT2D eigenvalue weighted by molar-refractivity contribution is 0.102. The van der Waals surface area contributed by atoms with Crippen molar-refractivity contribution in [3.63, 3.8) is 0 Å². The van der Waals surface area contributed by atoms with Crippen LogP contribution in [0, 0.1) is 27.7 Å². The molecule has 5 heteroatoms. The van der Waals surface area contributed by atoms with Gasteiger partial charge in [-0.05, 0) is 63.1 Å². The third-order valence-electron chi connectivity index (χ3n) is 5.55. The second kappa shape index (κ2) is 8.63. The Morgan fingerprint density at radius 3 is 2.19 bits per heavy atom. The molecular weight excluding hydrogens is 398 g/mol. The number of amides is 1. The molecule has 0 aliphatic heterocycles. The number of aromatic nitrogens is 2. The summed E-state index contributed by atoms with van der Waals surface area (Å²) in [5.74, 6) is -0.450. The van der Waals surface area contributed by atoms with Gasteiger partial charge in [0.2, 0.25) is 0 Å². The zero-order valence-electron chi connectivity index (χ0n) is 18.6. The van der Waals surface area contributed by atoms with Crippen molar-refractivity contribution in [3.8, 4) is 17.1 Å². The quantitative estimate of drug-likeness (QED) is 0.479. The summed E-state index contributed by atoms with van der Waals surface area (Å²) in [5, 5.41) is 2.97. The Kier molecular flexibility index (Phi) is 5.73. The predicted molar refractivity (Wildman–Crippen MR) is 129 cm³/mol. The molecule has 0 saturated heterocycles. The summed E-state index contributed by atoms with van der Waals surface area (Å²) >= 11 is 0. The van der Waals surface area contributed by atoms with Gasteiger partial charge in [0.05, 0.1) is 11.4 Å². The number of hydrogen-bond acceptors (Lipinski definition) is 3. The third-order valence-corrected chi connectivity index (χ3v) is 5.55. The van der Waals surface area contributed by atoms with Crippen LogP contribution in [0.25, 0.3) is 17.1 Å².